The van der Waals surface area contributed by atoms with Gasteiger partial charge in [0.05, 0.1) is 5.88 Å². The van der Waals surface area contributed by atoms with E-state index in [0.29, 0.717) is 0 Å². The molecular weight excluding hydrogens is 389 g/mol. The fourth-order valence-electron chi connectivity index (χ4n) is 2.54. The summed E-state index contributed by atoms with van der Waals surface area (Å²) in [6, 6.07) is 2.74. The summed E-state index contributed by atoms with van der Waals surface area (Å²) in [4.78, 5) is 19.6. The van der Waals surface area contributed by atoms with Crippen LogP contribution in [0.2, 0.25) is 0 Å². The van der Waals surface area contributed by atoms with Gasteiger partial charge in [0.15, 0.2) is 17.8 Å². The number of rotatable bonds is 4. The van der Waals surface area contributed by atoms with E-state index in [0.717, 1.165) is 25.3 Å². The molecule has 7 nitrogen and oxygen atoms in total. The Kier molecular flexibility index (Phi) is 4.77. The number of carbonyl (C=O) groups is 1. The lowest BCUT2D eigenvalue weighted by molar-refractivity contribution is -0.117. The van der Waals surface area contributed by atoms with Crippen LogP contribution in [0.3, 0.4) is 0 Å². The summed E-state index contributed by atoms with van der Waals surface area (Å²) in [6.45, 7) is -0.00816. The summed E-state index contributed by atoms with van der Waals surface area (Å²) in [7, 11) is 0. The number of oxazole rings is 1. The molecule has 0 radical (unpaired) electrons. The fourth-order valence-corrected chi connectivity index (χ4v) is 2.67. The zero-order chi connectivity index (χ0) is 19.8. The number of carbonyl (C=O) groups excluding carboxylic acids is 1. The monoisotopic (exact) mass is 402 g/mol. The second-order valence-electron chi connectivity index (χ2n) is 5.92. The number of halogens is 4. The third-order valence-electron chi connectivity index (χ3n) is 4.09. The van der Waals surface area contributed by atoms with Gasteiger partial charge < -0.3 is 20.2 Å². The van der Waals surface area contributed by atoms with Crippen LogP contribution in [0.5, 0.6) is 0 Å². The van der Waals surface area contributed by atoms with Gasteiger partial charge in [-0.15, -0.1) is 11.6 Å². The first kappa shape index (κ1) is 19.0. The van der Waals surface area contributed by atoms with E-state index in [9.17, 15) is 18.0 Å². The molecule has 11 heteroatoms. The van der Waals surface area contributed by atoms with Gasteiger partial charge in [0.1, 0.15) is 12.1 Å². The van der Waals surface area contributed by atoms with Crippen LogP contribution in [0.15, 0.2) is 33.9 Å². The maximum atomic E-state index is 14.4. The number of alkyl halides is 3. The Balaban J connectivity index is 1.95. The number of aliphatic imine (C=N–C) groups is 1. The molecular formula is C16H14ClF3N4O3. The number of hydrogen-bond donors (Lipinski definition) is 2. The average Bonchev–Trinajstić information content (AvgIpc) is 3.10. The molecule has 0 saturated heterocycles. The van der Waals surface area contributed by atoms with Crippen LogP contribution in [-0.2, 0) is 16.2 Å². The first-order chi connectivity index (χ1) is 12.7. The first-order valence-corrected chi connectivity index (χ1v) is 8.17. The lowest BCUT2D eigenvalue weighted by atomic mass is 9.85. The number of anilines is 1. The highest BCUT2D eigenvalue weighted by atomic mass is 35.5. The Bertz CT molecular complexity index is 918. The van der Waals surface area contributed by atoms with E-state index in [1.807, 2.05) is 0 Å². The molecule has 0 spiro atoms. The summed E-state index contributed by atoms with van der Waals surface area (Å²) in [5.41, 5.74) is 2.64. The van der Waals surface area contributed by atoms with Gasteiger partial charge in [0.2, 0.25) is 5.89 Å². The first-order valence-electron chi connectivity index (χ1n) is 7.64. The van der Waals surface area contributed by atoms with E-state index in [1.54, 1.807) is 0 Å². The second kappa shape index (κ2) is 6.76. The van der Waals surface area contributed by atoms with Gasteiger partial charge in [0, 0.05) is 11.3 Å². The molecule has 1 aliphatic heterocycles. The average molecular weight is 403 g/mol. The van der Waals surface area contributed by atoms with Gasteiger partial charge in [-0.05, 0) is 25.1 Å². The van der Waals surface area contributed by atoms with Crippen molar-refractivity contribution in [2.24, 2.45) is 10.7 Å². The number of amidine groups is 1. The number of benzene rings is 1. The number of ether oxygens (including phenoxy) is 1. The molecule has 2 heterocycles. The summed E-state index contributed by atoms with van der Waals surface area (Å²) in [5, 5.41) is 2.43. The number of nitrogens with two attached hydrogens (primary N) is 1. The van der Waals surface area contributed by atoms with Crippen LogP contribution in [-0.4, -0.2) is 29.4 Å². The molecule has 0 unspecified atom stereocenters. The van der Waals surface area contributed by atoms with Crippen molar-refractivity contribution < 1.29 is 27.1 Å². The molecule has 1 aromatic heterocycles. The minimum atomic E-state index is -3.53. The third-order valence-corrected chi connectivity index (χ3v) is 4.32. The Morgan fingerprint density at radius 1 is 1.44 bits per heavy atom. The van der Waals surface area contributed by atoms with Crippen molar-refractivity contribution in [3.8, 4) is 0 Å². The highest BCUT2D eigenvalue weighted by Crippen LogP contribution is 2.44. The molecule has 1 amide bonds. The lowest BCUT2D eigenvalue weighted by Gasteiger charge is -2.37. The minimum absolute atomic E-state index is 0.0249. The molecule has 3 rings (SSSR count). The molecule has 144 valence electrons. The van der Waals surface area contributed by atoms with E-state index in [1.165, 1.54) is 6.07 Å². The zero-order valence-electron chi connectivity index (χ0n) is 13.9. The number of nitrogens with one attached hydrogen (secondary N) is 1. The Labute approximate surface area is 156 Å². The molecule has 1 aliphatic rings. The van der Waals surface area contributed by atoms with Crippen LogP contribution in [0.25, 0.3) is 0 Å². The molecule has 0 fully saturated rings. The van der Waals surface area contributed by atoms with Crippen molar-refractivity contribution >= 4 is 29.2 Å². The highest BCUT2D eigenvalue weighted by Gasteiger charge is 2.56. The van der Waals surface area contributed by atoms with Gasteiger partial charge >= 0.3 is 5.92 Å². The van der Waals surface area contributed by atoms with Crippen LogP contribution < -0.4 is 11.1 Å². The second-order valence-corrected chi connectivity index (χ2v) is 6.19. The Morgan fingerprint density at radius 2 is 2.19 bits per heavy atom. The van der Waals surface area contributed by atoms with Crippen molar-refractivity contribution in [1.82, 2.24) is 4.98 Å². The van der Waals surface area contributed by atoms with Gasteiger partial charge in [-0.3, -0.25) is 4.79 Å². The standard InChI is InChI=1S/C16H14ClF3N4O3/c1-15(16(19,20)7-27-14(21)24-15)9-4-8(2-3-10(9)18)22-13(25)11-6-26-12(5-17)23-11/h2-4,6H,5,7H2,1H3,(H2,21,24)(H,22,25)/t15-/m1/s1. The smallest absolute Gasteiger partial charge is 0.310 e. The van der Waals surface area contributed by atoms with E-state index >= 15 is 0 Å². The maximum Gasteiger partial charge on any atom is 0.310 e. The van der Waals surface area contributed by atoms with E-state index in [4.69, 9.17) is 21.8 Å². The molecule has 0 saturated carbocycles. The van der Waals surface area contributed by atoms with Gasteiger partial charge in [0.25, 0.3) is 11.9 Å². The van der Waals surface area contributed by atoms with E-state index < -0.39 is 41.4 Å². The summed E-state index contributed by atoms with van der Waals surface area (Å²) in [6.07, 6.45) is 1.09. The van der Waals surface area contributed by atoms with Crippen molar-refractivity contribution in [2.45, 2.75) is 24.3 Å². The number of hydrogen-bond acceptors (Lipinski definition) is 6. The molecule has 3 N–H and O–H groups in total. The molecule has 0 aliphatic carbocycles. The van der Waals surface area contributed by atoms with Crippen LogP contribution in [0.1, 0.15) is 28.9 Å². The van der Waals surface area contributed by atoms with Crippen molar-refractivity contribution in [1.29, 1.82) is 0 Å². The Morgan fingerprint density at radius 3 is 2.85 bits per heavy atom. The predicted molar refractivity (Wildman–Crippen MR) is 90.3 cm³/mol. The van der Waals surface area contributed by atoms with E-state index in [2.05, 4.69) is 20.0 Å². The van der Waals surface area contributed by atoms with Crippen LogP contribution in [0.4, 0.5) is 18.9 Å². The SMILES string of the molecule is C[C@]1(c2cc(NC(=O)c3coc(CCl)n3)ccc2F)N=C(N)OCC1(F)F. The van der Waals surface area contributed by atoms with Gasteiger partial charge in [-0.1, -0.05) is 0 Å². The van der Waals surface area contributed by atoms with Crippen molar-refractivity contribution in [2.75, 3.05) is 11.9 Å². The fraction of sp³-hybridized carbons (Fsp3) is 0.312. The topological polar surface area (TPSA) is 103 Å². The number of aromatic nitrogens is 1. The molecule has 2 aromatic rings. The van der Waals surface area contributed by atoms with Gasteiger partial charge in [-0.2, -0.15) is 8.78 Å². The number of amides is 1. The van der Waals surface area contributed by atoms with Crippen molar-refractivity contribution in [3.05, 3.63) is 47.4 Å². The summed E-state index contributed by atoms with van der Waals surface area (Å²) < 4.78 is 52.7. The normalized spacial score (nSPS) is 21.3. The Hall–Kier alpha value is -2.75. The molecule has 0 bridgehead atoms. The quantitative estimate of drug-likeness (QED) is 0.765. The predicted octanol–water partition coefficient (Wildman–Crippen LogP) is 3.00. The van der Waals surface area contributed by atoms with Crippen LogP contribution >= 0.6 is 11.6 Å². The largest absolute Gasteiger partial charge is 0.459 e. The summed E-state index contributed by atoms with van der Waals surface area (Å²) >= 11 is 5.55. The third kappa shape index (κ3) is 3.44. The van der Waals surface area contributed by atoms with Crippen molar-refractivity contribution in [3.63, 3.8) is 0 Å². The summed E-state index contributed by atoms with van der Waals surface area (Å²) in [5.74, 6) is -5.02. The molecule has 1 aromatic carbocycles. The van der Waals surface area contributed by atoms with Crippen LogP contribution in [0, 0.1) is 5.82 Å². The highest BCUT2D eigenvalue weighted by molar-refractivity contribution is 6.16. The number of nitrogens with zero attached hydrogens (tertiary/aromatic N) is 2. The minimum Gasteiger partial charge on any atom is -0.459 e. The zero-order valence-corrected chi connectivity index (χ0v) is 14.7. The van der Waals surface area contributed by atoms with E-state index in [-0.39, 0.29) is 23.2 Å². The van der Waals surface area contributed by atoms with Gasteiger partial charge in [-0.25, -0.2) is 14.4 Å². The molecule has 27 heavy (non-hydrogen) atoms. The lowest BCUT2D eigenvalue weighted by Crippen LogP contribution is -2.51. The maximum absolute atomic E-state index is 14.4. The molecule has 1 atom stereocenters.